The standard InChI is InChI=1S/C15H24N2S/c1-16-15(10-14-4-3-7-18-14)11-8-12-5-6-13(9-11)17(12)2/h3-4,7,11-13,15-16H,5-6,8-10H2,1-2H3. The average Bonchev–Trinajstić information content (AvgIpc) is 2.93. The van der Waals surface area contributed by atoms with Crippen LogP contribution in [-0.2, 0) is 6.42 Å². The van der Waals surface area contributed by atoms with Crippen molar-refractivity contribution < 1.29 is 0 Å². The maximum atomic E-state index is 3.58. The van der Waals surface area contributed by atoms with E-state index in [-0.39, 0.29) is 0 Å². The molecular weight excluding hydrogens is 240 g/mol. The zero-order valence-electron chi connectivity index (χ0n) is 11.4. The molecule has 100 valence electrons. The zero-order chi connectivity index (χ0) is 12.5. The van der Waals surface area contributed by atoms with Crippen LogP contribution in [0, 0.1) is 5.92 Å². The third kappa shape index (κ3) is 2.36. The van der Waals surface area contributed by atoms with E-state index in [4.69, 9.17) is 0 Å². The number of likely N-dealkylation sites (N-methyl/N-ethyl adjacent to an activating group) is 1. The first-order valence-electron chi connectivity index (χ1n) is 7.19. The summed E-state index contributed by atoms with van der Waals surface area (Å²) >= 11 is 1.90. The van der Waals surface area contributed by atoms with Gasteiger partial charge in [0.1, 0.15) is 0 Å². The van der Waals surface area contributed by atoms with Gasteiger partial charge in [-0.05, 0) is 63.6 Å². The quantitative estimate of drug-likeness (QED) is 0.899. The molecule has 0 radical (unpaired) electrons. The molecule has 3 heterocycles. The molecule has 3 unspecified atom stereocenters. The van der Waals surface area contributed by atoms with E-state index in [0.29, 0.717) is 6.04 Å². The fourth-order valence-electron chi connectivity index (χ4n) is 3.93. The van der Waals surface area contributed by atoms with Crippen LogP contribution in [0.15, 0.2) is 17.5 Å². The number of nitrogens with one attached hydrogen (secondary N) is 1. The molecular formula is C15H24N2S. The highest BCUT2D eigenvalue weighted by atomic mass is 32.1. The molecule has 2 aliphatic rings. The maximum absolute atomic E-state index is 3.58. The van der Waals surface area contributed by atoms with Crippen molar-refractivity contribution in [3.8, 4) is 0 Å². The summed E-state index contributed by atoms with van der Waals surface area (Å²) in [6, 6.07) is 6.82. The summed E-state index contributed by atoms with van der Waals surface area (Å²) in [6.07, 6.45) is 6.84. The van der Waals surface area contributed by atoms with Crippen molar-refractivity contribution in [3.63, 3.8) is 0 Å². The van der Waals surface area contributed by atoms with E-state index in [9.17, 15) is 0 Å². The molecule has 18 heavy (non-hydrogen) atoms. The summed E-state index contributed by atoms with van der Waals surface area (Å²) < 4.78 is 0. The summed E-state index contributed by atoms with van der Waals surface area (Å²) in [5, 5.41) is 5.78. The van der Waals surface area contributed by atoms with E-state index in [1.165, 1.54) is 37.0 Å². The predicted octanol–water partition coefficient (Wildman–Crippen LogP) is 2.75. The molecule has 2 bridgehead atoms. The van der Waals surface area contributed by atoms with Crippen molar-refractivity contribution in [2.24, 2.45) is 5.92 Å². The molecule has 3 heteroatoms. The van der Waals surface area contributed by atoms with E-state index in [1.54, 1.807) is 0 Å². The van der Waals surface area contributed by atoms with Gasteiger partial charge in [0.05, 0.1) is 0 Å². The van der Waals surface area contributed by atoms with E-state index in [0.717, 1.165) is 18.0 Å². The van der Waals surface area contributed by atoms with E-state index < -0.39 is 0 Å². The number of thiophene rings is 1. The summed E-state index contributed by atoms with van der Waals surface area (Å²) in [6.45, 7) is 0. The van der Waals surface area contributed by atoms with Crippen LogP contribution in [0.2, 0.25) is 0 Å². The van der Waals surface area contributed by atoms with Crippen molar-refractivity contribution in [2.45, 2.75) is 50.2 Å². The Morgan fingerprint density at radius 1 is 1.39 bits per heavy atom. The summed E-state index contributed by atoms with van der Waals surface area (Å²) in [4.78, 5) is 4.16. The molecule has 0 amide bonds. The molecule has 2 aliphatic heterocycles. The van der Waals surface area contributed by atoms with Crippen LogP contribution < -0.4 is 5.32 Å². The molecule has 0 aromatic carbocycles. The fraction of sp³-hybridized carbons (Fsp3) is 0.733. The Bertz CT molecular complexity index is 362. The first-order chi connectivity index (χ1) is 8.78. The van der Waals surface area contributed by atoms with Crippen molar-refractivity contribution in [1.82, 2.24) is 10.2 Å². The molecule has 3 atom stereocenters. The second-order valence-corrected chi connectivity index (χ2v) is 6.99. The SMILES string of the molecule is CNC(Cc1cccs1)C1CC2CCC(C1)N2C. The summed E-state index contributed by atoms with van der Waals surface area (Å²) in [5.74, 6) is 0.866. The lowest BCUT2D eigenvalue weighted by atomic mass is 9.83. The first kappa shape index (κ1) is 12.6. The highest BCUT2D eigenvalue weighted by Gasteiger charge is 2.40. The summed E-state index contributed by atoms with van der Waals surface area (Å²) in [5.41, 5.74) is 0. The Balaban J connectivity index is 1.66. The van der Waals surface area contributed by atoms with E-state index in [2.05, 4.69) is 41.8 Å². The third-order valence-electron chi connectivity index (χ3n) is 5.08. The minimum absolute atomic E-state index is 0.667. The van der Waals surface area contributed by atoms with Crippen molar-refractivity contribution >= 4 is 11.3 Å². The lowest BCUT2D eigenvalue weighted by Gasteiger charge is -2.39. The number of fused-ring (bicyclic) bond motifs is 2. The van der Waals surface area contributed by atoms with Crippen LogP contribution in [0.3, 0.4) is 0 Å². The Morgan fingerprint density at radius 3 is 2.67 bits per heavy atom. The Hall–Kier alpha value is -0.380. The number of nitrogens with zero attached hydrogens (tertiary/aromatic N) is 1. The minimum atomic E-state index is 0.667. The minimum Gasteiger partial charge on any atom is -0.316 e. The van der Waals surface area contributed by atoms with Gasteiger partial charge in [-0.15, -0.1) is 11.3 Å². The van der Waals surface area contributed by atoms with Crippen LogP contribution in [0.1, 0.15) is 30.6 Å². The monoisotopic (exact) mass is 264 g/mol. The molecule has 1 N–H and O–H groups in total. The molecule has 2 fully saturated rings. The average molecular weight is 264 g/mol. The van der Waals surface area contributed by atoms with Crippen molar-refractivity contribution in [1.29, 1.82) is 0 Å². The van der Waals surface area contributed by atoms with Gasteiger partial charge in [-0.1, -0.05) is 6.07 Å². The number of hydrogen-bond acceptors (Lipinski definition) is 3. The highest BCUT2D eigenvalue weighted by Crippen LogP contribution is 2.39. The van der Waals surface area contributed by atoms with Gasteiger partial charge in [-0.25, -0.2) is 0 Å². The normalized spacial score (nSPS) is 33.8. The predicted molar refractivity (Wildman–Crippen MR) is 78.2 cm³/mol. The molecule has 0 aliphatic carbocycles. The number of piperidine rings is 1. The largest absolute Gasteiger partial charge is 0.316 e. The molecule has 2 saturated heterocycles. The summed E-state index contributed by atoms with van der Waals surface area (Å²) in [7, 11) is 4.46. The zero-order valence-corrected chi connectivity index (χ0v) is 12.2. The van der Waals surface area contributed by atoms with Gasteiger partial charge >= 0.3 is 0 Å². The van der Waals surface area contributed by atoms with Crippen LogP contribution in [0.25, 0.3) is 0 Å². The topological polar surface area (TPSA) is 15.3 Å². The molecule has 3 rings (SSSR count). The first-order valence-corrected chi connectivity index (χ1v) is 8.07. The fourth-order valence-corrected chi connectivity index (χ4v) is 4.70. The van der Waals surface area contributed by atoms with Gasteiger partial charge < -0.3 is 10.2 Å². The number of rotatable bonds is 4. The molecule has 0 spiro atoms. The molecule has 1 aromatic rings. The smallest absolute Gasteiger partial charge is 0.0142 e. The molecule has 0 saturated carbocycles. The van der Waals surface area contributed by atoms with Gasteiger partial charge in [0.25, 0.3) is 0 Å². The van der Waals surface area contributed by atoms with Gasteiger partial charge in [-0.2, -0.15) is 0 Å². The van der Waals surface area contributed by atoms with Crippen molar-refractivity contribution in [3.05, 3.63) is 22.4 Å². The highest BCUT2D eigenvalue weighted by molar-refractivity contribution is 7.09. The Kier molecular flexibility index (Phi) is 3.73. The lowest BCUT2D eigenvalue weighted by Crippen LogP contribution is -2.47. The molecule has 1 aromatic heterocycles. The van der Waals surface area contributed by atoms with Crippen LogP contribution in [-0.4, -0.2) is 37.1 Å². The van der Waals surface area contributed by atoms with Gasteiger partial charge in [-0.3, -0.25) is 0 Å². The second kappa shape index (κ2) is 5.32. The van der Waals surface area contributed by atoms with Crippen LogP contribution >= 0.6 is 11.3 Å². The van der Waals surface area contributed by atoms with E-state index in [1.807, 2.05) is 11.3 Å². The number of hydrogen-bond donors (Lipinski definition) is 1. The second-order valence-electron chi connectivity index (χ2n) is 5.96. The van der Waals surface area contributed by atoms with Crippen molar-refractivity contribution in [2.75, 3.05) is 14.1 Å². The van der Waals surface area contributed by atoms with Gasteiger partial charge in [0.15, 0.2) is 0 Å². The molecule has 2 nitrogen and oxygen atoms in total. The van der Waals surface area contributed by atoms with Gasteiger partial charge in [0, 0.05) is 23.0 Å². The Labute approximate surface area is 114 Å². The third-order valence-corrected chi connectivity index (χ3v) is 5.97. The Morgan fingerprint density at radius 2 is 2.11 bits per heavy atom. The lowest BCUT2D eigenvalue weighted by molar-refractivity contribution is 0.114. The van der Waals surface area contributed by atoms with Crippen LogP contribution in [0.4, 0.5) is 0 Å². The van der Waals surface area contributed by atoms with Crippen LogP contribution in [0.5, 0.6) is 0 Å². The maximum Gasteiger partial charge on any atom is 0.0142 e. The van der Waals surface area contributed by atoms with Gasteiger partial charge in [0.2, 0.25) is 0 Å². The van der Waals surface area contributed by atoms with E-state index >= 15 is 0 Å².